The molecule has 3 rings (SSSR count). The molecule has 0 N–H and O–H groups in total. The standard InChI is InChI=1S/C28H48F4/c1-24(2,21-9-7-6-8-10-21)15-17-26(5,22-11-13-27(29,30)14-12-22)18-16-25(3,4)23-19-28(31,32)20-23/h21-23H,6-20H2,1-5H3. The van der Waals surface area contributed by atoms with Gasteiger partial charge in [-0.2, -0.15) is 0 Å². The third kappa shape index (κ3) is 6.44. The molecule has 0 spiro atoms. The average Bonchev–Trinajstić information content (AvgIpc) is 2.70. The van der Waals surface area contributed by atoms with E-state index in [4.69, 9.17) is 0 Å². The number of hydrogen-bond acceptors (Lipinski definition) is 0. The molecule has 0 aromatic rings. The minimum atomic E-state index is -2.50. The first-order valence-corrected chi connectivity index (χ1v) is 13.4. The smallest absolute Gasteiger partial charge is 0.207 e. The SMILES string of the molecule is CC(C)(CCC(C)(CCC(C)(C)C1CC(F)(F)C1)C1CCC(F)(F)CC1)C1CCCCC1. The Bertz CT molecular complexity index is 599. The van der Waals surface area contributed by atoms with Crippen molar-refractivity contribution in [3.63, 3.8) is 0 Å². The minimum Gasteiger partial charge on any atom is -0.207 e. The van der Waals surface area contributed by atoms with Crippen LogP contribution in [0.2, 0.25) is 0 Å². The van der Waals surface area contributed by atoms with Gasteiger partial charge in [-0.15, -0.1) is 0 Å². The Labute approximate surface area is 194 Å². The van der Waals surface area contributed by atoms with E-state index >= 15 is 0 Å². The second-order valence-corrected chi connectivity index (χ2v) is 13.6. The van der Waals surface area contributed by atoms with Crippen LogP contribution in [0.25, 0.3) is 0 Å². The predicted molar refractivity (Wildman–Crippen MR) is 125 cm³/mol. The second-order valence-electron chi connectivity index (χ2n) is 13.6. The van der Waals surface area contributed by atoms with Gasteiger partial charge in [0.1, 0.15) is 0 Å². The van der Waals surface area contributed by atoms with Crippen LogP contribution >= 0.6 is 0 Å². The van der Waals surface area contributed by atoms with E-state index in [0.717, 1.165) is 31.6 Å². The Hall–Kier alpha value is -0.280. The molecule has 32 heavy (non-hydrogen) atoms. The molecule has 3 saturated carbocycles. The highest BCUT2D eigenvalue weighted by molar-refractivity contribution is 4.97. The predicted octanol–water partition coefficient (Wildman–Crippen LogP) is 10.1. The van der Waals surface area contributed by atoms with Crippen molar-refractivity contribution in [2.75, 3.05) is 0 Å². The maximum Gasteiger partial charge on any atom is 0.248 e. The van der Waals surface area contributed by atoms with Crippen molar-refractivity contribution in [2.24, 2.45) is 34.0 Å². The topological polar surface area (TPSA) is 0 Å². The molecule has 0 aromatic heterocycles. The van der Waals surface area contributed by atoms with Crippen molar-refractivity contribution in [3.8, 4) is 0 Å². The van der Waals surface area contributed by atoms with E-state index in [2.05, 4.69) is 34.6 Å². The number of halogens is 4. The molecule has 0 nitrogen and oxygen atoms in total. The first-order valence-electron chi connectivity index (χ1n) is 13.4. The molecule has 0 saturated heterocycles. The fraction of sp³-hybridized carbons (Fsp3) is 1.00. The zero-order chi connectivity index (χ0) is 23.8. The molecular formula is C28H48F4. The summed E-state index contributed by atoms with van der Waals surface area (Å²) in [5, 5.41) is 0. The first-order chi connectivity index (χ1) is 14.6. The van der Waals surface area contributed by atoms with Crippen molar-refractivity contribution >= 4 is 0 Å². The van der Waals surface area contributed by atoms with E-state index in [-0.39, 0.29) is 47.8 Å². The van der Waals surface area contributed by atoms with Crippen LogP contribution in [0.5, 0.6) is 0 Å². The van der Waals surface area contributed by atoms with Gasteiger partial charge >= 0.3 is 0 Å². The van der Waals surface area contributed by atoms with E-state index in [1.807, 2.05) is 0 Å². The molecule has 3 aliphatic carbocycles. The lowest BCUT2D eigenvalue weighted by atomic mass is 9.58. The lowest BCUT2D eigenvalue weighted by molar-refractivity contribution is -0.145. The normalized spacial score (nSPS) is 27.7. The Kier molecular flexibility index (Phi) is 7.74. The van der Waals surface area contributed by atoms with Gasteiger partial charge in [-0.25, -0.2) is 17.6 Å². The van der Waals surface area contributed by atoms with E-state index in [0.29, 0.717) is 18.8 Å². The number of rotatable bonds is 9. The molecule has 188 valence electrons. The van der Waals surface area contributed by atoms with Crippen LogP contribution in [0.15, 0.2) is 0 Å². The summed E-state index contributed by atoms with van der Waals surface area (Å²) < 4.78 is 54.9. The number of alkyl halides is 4. The monoisotopic (exact) mass is 460 g/mol. The largest absolute Gasteiger partial charge is 0.248 e. The Morgan fingerprint density at radius 3 is 1.50 bits per heavy atom. The molecule has 0 heterocycles. The highest BCUT2D eigenvalue weighted by atomic mass is 19.3. The highest BCUT2D eigenvalue weighted by Crippen LogP contribution is 2.56. The maximum absolute atomic E-state index is 13.9. The van der Waals surface area contributed by atoms with Gasteiger partial charge < -0.3 is 0 Å². The Balaban J connectivity index is 1.66. The average molecular weight is 461 g/mol. The molecule has 0 aromatic carbocycles. The molecule has 3 aliphatic rings. The molecule has 1 unspecified atom stereocenters. The Morgan fingerprint density at radius 2 is 1.03 bits per heavy atom. The summed E-state index contributed by atoms with van der Waals surface area (Å²) in [7, 11) is 0. The summed E-state index contributed by atoms with van der Waals surface area (Å²) in [6.45, 7) is 11.5. The van der Waals surface area contributed by atoms with Crippen molar-refractivity contribution in [1.29, 1.82) is 0 Å². The van der Waals surface area contributed by atoms with Crippen LogP contribution in [0, 0.1) is 34.0 Å². The van der Waals surface area contributed by atoms with Gasteiger partial charge in [-0.1, -0.05) is 53.9 Å². The third-order valence-electron chi connectivity index (χ3n) is 10.3. The fourth-order valence-electron chi connectivity index (χ4n) is 6.99. The van der Waals surface area contributed by atoms with Crippen LogP contribution in [-0.4, -0.2) is 11.8 Å². The van der Waals surface area contributed by atoms with Gasteiger partial charge in [-0.05, 0) is 85.4 Å². The van der Waals surface area contributed by atoms with E-state index in [1.54, 1.807) is 0 Å². The molecule has 0 amide bonds. The summed E-state index contributed by atoms with van der Waals surface area (Å²) >= 11 is 0. The lowest BCUT2D eigenvalue weighted by Crippen LogP contribution is -2.44. The van der Waals surface area contributed by atoms with Crippen LogP contribution < -0.4 is 0 Å². The van der Waals surface area contributed by atoms with Gasteiger partial charge in [0.15, 0.2) is 0 Å². The zero-order valence-corrected chi connectivity index (χ0v) is 21.4. The quantitative estimate of drug-likeness (QED) is 0.300. The summed E-state index contributed by atoms with van der Waals surface area (Å²) in [5.41, 5.74) is 0.193. The lowest BCUT2D eigenvalue weighted by Gasteiger charge is -2.49. The van der Waals surface area contributed by atoms with E-state index in [1.165, 1.54) is 32.1 Å². The van der Waals surface area contributed by atoms with Gasteiger partial charge in [0.2, 0.25) is 11.8 Å². The van der Waals surface area contributed by atoms with Crippen LogP contribution in [0.4, 0.5) is 17.6 Å². The molecule has 0 aliphatic heterocycles. The Morgan fingerprint density at radius 1 is 0.562 bits per heavy atom. The molecule has 3 fully saturated rings. The molecular weight excluding hydrogens is 412 g/mol. The van der Waals surface area contributed by atoms with Gasteiger partial charge in [0.05, 0.1) is 0 Å². The van der Waals surface area contributed by atoms with Gasteiger partial charge in [0.25, 0.3) is 0 Å². The zero-order valence-electron chi connectivity index (χ0n) is 21.4. The summed E-state index contributed by atoms with van der Waals surface area (Å²) in [4.78, 5) is 0. The minimum absolute atomic E-state index is 0.0114. The molecule has 4 heteroatoms. The van der Waals surface area contributed by atoms with E-state index in [9.17, 15) is 17.6 Å². The second kappa shape index (κ2) is 9.40. The van der Waals surface area contributed by atoms with E-state index < -0.39 is 11.8 Å². The van der Waals surface area contributed by atoms with Crippen LogP contribution in [-0.2, 0) is 0 Å². The van der Waals surface area contributed by atoms with Crippen LogP contribution in [0.1, 0.15) is 131 Å². The maximum atomic E-state index is 13.9. The summed E-state index contributed by atoms with van der Waals surface area (Å²) in [6, 6.07) is 0. The van der Waals surface area contributed by atoms with Crippen molar-refractivity contribution in [2.45, 2.75) is 143 Å². The molecule has 0 bridgehead atoms. The highest BCUT2D eigenvalue weighted by Gasteiger charge is 2.52. The summed E-state index contributed by atoms with van der Waals surface area (Å²) in [5.74, 6) is -3.82. The third-order valence-corrected chi connectivity index (χ3v) is 10.3. The van der Waals surface area contributed by atoms with Crippen molar-refractivity contribution in [1.82, 2.24) is 0 Å². The van der Waals surface area contributed by atoms with Gasteiger partial charge in [0, 0.05) is 25.7 Å². The molecule has 1 atom stereocenters. The van der Waals surface area contributed by atoms with Crippen LogP contribution in [0.3, 0.4) is 0 Å². The first kappa shape index (κ1) is 26.3. The van der Waals surface area contributed by atoms with Crippen molar-refractivity contribution < 1.29 is 17.6 Å². The molecule has 0 radical (unpaired) electrons. The van der Waals surface area contributed by atoms with Crippen molar-refractivity contribution in [3.05, 3.63) is 0 Å². The number of hydrogen-bond donors (Lipinski definition) is 0. The fourth-order valence-corrected chi connectivity index (χ4v) is 6.99. The van der Waals surface area contributed by atoms with Gasteiger partial charge in [-0.3, -0.25) is 0 Å². The summed E-state index contributed by atoms with van der Waals surface area (Å²) in [6.07, 6.45) is 12.0.